The summed E-state index contributed by atoms with van der Waals surface area (Å²) in [4.78, 5) is 36.4. The lowest BCUT2D eigenvalue weighted by atomic mass is 10.1. The molecule has 2 aromatic rings. The number of amides is 1. The summed E-state index contributed by atoms with van der Waals surface area (Å²) in [7, 11) is 0. The van der Waals surface area contributed by atoms with Crippen molar-refractivity contribution in [3.8, 4) is 0 Å². The van der Waals surface area contributed by atoms with Crippen LogP contribution in [0, 0.1) is 0 Å². The third-order valence-corrected chi connectivity index (χ3v) is 4.97. The summed E-state index contributed by atoms with van der Waals surface area (Å²) < 4.78 is 5.48. The van der Waals surface area contributed by atoms with Crippen molar-refractivity contribution in [3.63, 3.8) is 0 Å². The third kappa shape index (κ3) is 4.55. The summed E-state index contributed by atoms with van der Waals surface area (Å²) in [5, 5.41) is 0. The molecular formula is C20H27N7O2. The Morgan fingerprint density at radius 1 is 0.966 bits per heavy atom. The van der Waals surface area contributed by atoms with E-state index in [1.54, 1.807) is 17.3 Å². The molecule has 2 aliphatic rings. The number of carbonyl (C=O) groups is 1. The SMILES string of the molecule is CC(C)(C)OC(=O)N1CCc2nc(N3CCN(c4ncccn4)CC3)ncc2C1. The molecule has 29 heavy (non-hydrogen) atoms. The largest absolute Gasteiger partial charge is 0.444 e. The average molecular weight is 397 g/mol. The Bertz CT molecular complexity index is 861. The number of piperazine rings is 1. The van der Waals surface area contributed by atoms with E-state index in [9.17, 15) is 4.79 Å². The number of ether oxygens (including phenoxy) is 1. The molecule has 154 valence electrons. The normalized spacial score (nSPS) is 17.1. The molecule has 2 aliphatic heterocycles. The molecule has 9 nitrogen and oxygen atoms in total. The monoisotopic (exact) mass is 397 g/mol. The van der Waals surface area contributed by atoms with E-state index < -0.39 is 5.60 Å². The van der Waals surface area contributed by atoms with Crippen LogP contribution in [-0.4, -0.2) is 69.3 Å². The first-order valence-electron chi connectivity index (χ1n) is 9.99. The molecule has 0 radical (unpaired) electrons. The molecule has 9 heteroatoms. The molecule has 4 heterocycles. The van der Waals surface area contributed by atoms with Gasteiger partial charge in [-0.15, -0.1) is 0 Å². The van der Waals surface area contributed by atoms with Crippen LogP contribution in [0.15, 0.2) is 24.7 Å². The minimum absolute atomic E-state index is 0.286. The lowest BCUT2D eigenvalue weighted by molar-refractivity contribution is 0.0222. The molecule has 1 amide bonds. The number of hydrogen-bond acceptors (Lipinski definition) is 8. The van der Waals surface area contributed by atoms with Crippen molar-refractivity contribution < 1.29 is 9.53 Å². The summed E-state index contributed by atoms with van der Waals surface area (Å²) in [6.07, 6.45) is 5.80. The van der Waals surface area contributed by atoms with E-state index >= 15 is 0 Å². The van der Waals surface area contributed by atoms with Gasteiger partial charge in [0.05, 0.1) is 12.2 Å². The van der Waals surface area contributed by atoms with E-state index in [1.807, 2.05) is 33.0 Å². The molecule has 1 fully saturated rings. The Labute approximate surface area is 170 Å². The highest BCUT2D eigenvalue weighted by molar-refractivity contribution is 5.68. The summed E-state index contributed by atoms with van der Waals surface area (Å²) in [5.74, 6) is 1.52. The van der Waals surface area contributed by atoms with Gasteiger partial charge in [0.1, 0.15) is 5.60 Å². The third-order valence-electron chi connectivity index (χ3n) is 4.97. The van der Waals surface area contributed by atoms with E-state index in [1.165, 1.54) is 0 Å². The van der Waals surface area contributed by atoms with E-state index in [0.29, 0.717) is 19.5 Å². The van der Waals surface area contributed by atoms with Crippen LogP contribution < -0.4 is 9.80 Å². The van der Waals surface area contributed by atoms with Crippen LogP contribution in [0.25, 0.3) is 0 Å². The van der Waals surface area contributed by atoms with Crippen molar-refractivity contribution in [2.24, 2.45) is 0 Å². The molecule has 0 bridgehead atoms. The fraction of sp³-hybridized carbons (Fsp3) is 0.550. The van der Waals surface area contributed by atoms with E-state index in [0.717, 1.165) is 49.3 Å². The van der Waals surface area contributed by atoms with Crippen molar-refractivity contribution in [3.05, 3.63) is 35.9 Å². The fourth-order valence-electron chi connectivity index (χ4n) is 3.50. The van der Waals surface area contributed by atoms with Crippen molar-refractivity contribution in [1.29, 1.82) is 0 Å². The Morgan fingerprint density at radius 2 is 1.62 bits per heavy atom. The first-order valence-corrected chi connectivity index (χ1v) is 9.99. The number of fused-ring (bicyclic) bond motifs is 1. The zero-order valence-corrected chi connectivity index (χ0v) is 17.2. The second kappa shape index (κ2) is 7.81. The number of aromatic nitrogens is 4. The van der Waals surface area contributed by atoms with Gasteiger partial charge in [-0.05, 0) is 26.8 Å². The van der Waals surface area contributed by atoms with Gasteiger partial charge in [-0.1, -0.05) is 0 Å². The summed E-state index contributed by atoms with van der Waals surface area (Å²) in [6, 6.07) is 1.82. The Kier molecular flexibility index (Phi) is 5.21. The van der Waals surface area contributed by atoms with Crippen molar-refractivity contribution in [2.45, 2.75) is 39.3 Å². The maximum atomic E-state index is 12.3. The minimum atomic E-state index is -0.495. The van der Waals surface area contributed by atoms with Gasteiger partial charge < -0.3 is 19.4 Å². The smallest absolute Gasteiger partial charge is 0.410 e. The fourth-order valence-corrected chi connectivity index (χ4v) is 3.50. The van der Waals surface area contributed by atoms with Crippen LogP contribution in [0.1, 0.15) is 32.0 Å². The van der Waals surface area contributed by atoms with Crippen LogP contribution in [0.3, 0.4) is 0 Å². The Balaban J connectivity index is 1.38. The Hall–Kier alpha value is -2.97. The van der Waals surface area contributed by atoms with Crippen LogP contribution in [0.4, 0.5) is 16.7 Å². The summed E-state index contributed by atoms with van der Waals surface area (Å²) >= 11 is 0. The second-order valence-corrected chi connectivity index (χ2v) is 8.32. The minimum Gasteiger partial charge on any atom is -0.444 e. The number of carbonyl (C=O) groups excluding carboxylic acids is 1. The van der Waals surface area contributed by atoms with Gasteiger partial charge >= 0.3 is 6.09 Å². The topological polar surface area (TPSA) is 87.6 Å². The van der Waals surface area contributed by atoms with E-state index in [-0.39, 0.29) is 6.09 Å². The van der Waals surface area contributed by atoms with Gasteiger partial charge in [-0.25, -0.2) is 24.7 Å². The highest BCUT2D eigenvalue weighted by atomic mass is 16.6. The molecule has 0 saturated carbocycles. The first kappa shape index (κ1) is 19.4. The number of hydrogen-bond donors (Lipinski definition) is 0. The Morgan fingerprint density at radius 3 is 2.28 bits per heavy atom. The van der Waals surface area contributed by atoms with Gasteiger partial charge in [-0.3, -0.25) is 0 Å². The molecule has 2 aromatic heterocycles. The molecule has 0 aliphatic carbocycles. The van der Waals surface area contributed by atoms with Gasteiger partial charge in [0.2, 0.25) is 11.9 Å². The highest BCUT2D eigenvalue weighted by Crippen LogP contribution is 2.22. The summed E-state index contributed by atoms with van der Waals surface area (Å²) in [6.45, 7) is 10.0. The van der Waals surface area contributed by atoms with Crippen LogP contribution >= 0.6 is 0 Å². The highest BCUT2D eigenvalue weighted by Gasteiger charge is 2.28. The quantitative estimate of drug-likeness (QED) is 0.759. The zero-order valence-electron chi connectivity index (χ0n) is 17.2. The number of nitrogens with zero attached hydrogens (tertiary/aromatic N) is 7. The maximum absolute atomic E-state index is 12.3. The number of rotatable bonds is 2. The van der Waals surface area contributed by atoms with Crippen LogP contribution in [0.2, 0.25) is 0 Å². The summed E-state index contributed by atoms with van der Waals surface area (Å²) in [5.41, 5.74) is 1.51. The predicted molar refractivity (Wildman–Crippen MR) is 109 cm³/mol. The molecular weight excluding hydrogens is 370 g/mol. The number of anilines is 2. The van der Waals surface area contributed by atoms with Crippen molar-refractivity contribution in [2.75, 3.05) is 42.5 Å². The lowest BCUT2D eigenvalue weighted by Gasteiger charge is -2.35. The maximum Gasteiger partial charge on any atom is 0.410 e. The molecule has 0 unspecified atom stereocenters. The molecule has 1 saturated heterocycles. The zero-order chi connectivity index (χ0) is 20.4. The first-order chi connectivity index (χ1) is 13.9. The lowest BCUT2D eigenvalue weighted by Crippen LogP contribution is -2.48. The van der Waals surface area contributed by atoms with Crippen LogP contribution in [-0.2, 0) is 17.7 Å². The van der Waals surface area contributed by atoms with Crippen LogP contribution in [0.5, 0.6) is 0 Å². The molecule has 0 spiro atoms. The van der Waals surface area contributed by atoms with Gasteiger partial charge in [0.15, 0.2) is 0 Å². The van der Waals surface area contributed by atoms with Crippen molar-refractivity contribution >= 4 is 18.0 Å². The average Bonchev–Trinajstić information content (AvgIpc) is 2.72. The van der Waals surface area contributed by atoms with E-state index in [2.05, 4.69) is 24.8 Å². The van der Waals surface area contributed by atoms with E-state index in [4.69, 9.17) is 9.72 Å². The molecule has 0 N–H and O–H groups in total. The molecule has 0 atom stereocenters. The molecule has 0 aromatic carbocycles. The standard InChI is InChI=1S/C20H27N7O2/c1-20(2,3)29-19(28)27-8-5-16-15(14-27)13-23-18(24-16)26-11-9-25(10-12-26)17-21-6-4-7-22-17/h4,6-7,13H,5,8-12,14H2,1-3H3. The van der Waals surface area contributed by atoms with Gasteiger partial charge in [0, 0.05) is 63.3 Å². The van der Waals surface area contributed by atoms with Crippen molar-refractivity contribution in [1.82, 2.24) is 24.8 Å². The second-order valence-electron chi connectivity index (χ2n) is 8.32. The predicted octanol–water partition coefficient (Wildman–Crippen LogP) is 1.89. The molecule has 4 rings (SSSR count). The van der Waals surface area contributed by atoms with Gasteiger partial charge in [-0.2, -0.15) is 0 Å². The van der Waals surface area contributed by atoms with Gasteiger partial charge in [0.25, 0.3) is 0 Å².